The van der Waals surface area contributed by atoms with Crippen LogP contribution in [0.4, 0.5) is 32.0 Å². The topological polar surface area (TPSA) is 52.4 Å². The number of nitrogens with zero attached hydrogens (tertiary/aromatic N) is 1. The summed E-state index contributed by atoms with van der Waals surface area (Å²) in [4.78, 5) is 9.58. The molecule has 4 nitrogen and oxygen atoms in total. The van der Waals surface area contributed by atoms with Gasteiger partial charge in [-0.1, -0.05) is 0 Å². The lowest BCUT2D eigenvalue weighted by molar-refractivity contribution is -0.387. The molecule has 2 rings (SSSR count). The summed E-state index contributed by atoms with van der Waals surface area (Å²) in [6.45, 7) is 1.24. The molecule has 10 heteroatoms. The molecule has 2 aromatic rings. The average molecular weight is 351 g/mol. The van der Waals surface area contributed by atoms with E-state index >= 15 is 0 Å². The Morgan fingerprint density at radius 2 is 1.54 bits per heavy atom. The van der Waals surface area contributed by atoms with Crippen molar-refractivity contribution in [3.8, 4) is 11.5 Å². The molecule has 0 N–H and O–H groups in total. The van der Waals surface area contributed by atoms with Crippen molar-refractivity contribution in [1.82, 2.24) is 0 Å². The molecule has 0 spiro atoms. The normalized spacial score (nSPS) is 11.5. The highest BCUT2D eigenvalue weighted by Crippen LogP contribution is 2.37. The second-order valence-electron chi connectivity index (χ2n) is 4.70. The standard InChI is InChI=1S/C14H7F6NO3/c1-6-2-8(15)11(21(22)23)5-12(6)24-13-9(16)3-7(4-10(13)17)14(18,19)20/h2-5H,1H3. The molecule has 24 heavy (non-hydrogen) atoms. The van der Waals surface area contributed by atoms with Gasteiger partial charge in [0.2, 0.25) is 5.82 Å². The van der Waals surface area contributed by atoms with E-state index in [0.29, 0.717) is 12.1 Å². The minimum Gasteiger partial charge on any atom is -0.451 e. The summed E-state index contributed by atoms with van der Waals surface area (Å²) in [5.41, 5.74) is -2.62. The van der Waals surface area contributed by atoms with Crippen LogP contribution in [0.3, 0.4) is 0 Å². The first-order valence-electron chi connectivity index (χ1n) is 6.19. The highest BCUT2D eigenvalue weighted by atomic mass is 19.4. The second kappa shape index (κ2) is 6.02. The Morgan fingerprint density at radius 3 is 2.00 bits per heavy atom. The van der Waals surface area contributed by atoms with Gasteiger partial charge in [0.15, 0.2) is 17.4 Å². The molecule has 0 saturated carbocycles. The number of aryl methyl sites for hydroxylation is 1. The van der Waals surface area contributed by atoms with E-state index in [-0.39, 0.29) is 17.7 Å². The fraction of sp³-hybridized carbons (Fsp3) is 0.143. The monoisotopic (exact) mass is 351 g/mol. The lowest BCUT2D eigenvalue weighted by Crippen LogP contribution is -2.07. The van der Waals surface area contributed by atoms with Gasteiger partial charge in [0.05, 0.1) is 16.6 Å². The summed E-state index contributed by atoms with van der Waals surface area (Å²) in [6, 6.07) is 1.33. The van der Waals surface area contributed by atoms with Crippen molar-refractivity contribution >= 4 is 5.69 Å². The van der Waals surface area contributed by atoms with Crippen molar-refractivity contribution in [3.63, 3.8) is 0 Å². The largest absolute Gasteiger partial charge is 0.451 e. The number of rotatable bonds is 3. The molecule has 0 aliphatic carbocycles. The summed E-state index contributed by atoms with van der Waals surface area (Å²) in [6.07, 6.45) is -4.97. The zero-order chi connectivity index (χ0) is 18.2. The van der Waals surface area contributed by atoms with Crippen LogP contribution in [0.25, 0.3) is 0 Å². The molecule has 128 valence electrons. The minimum atomic E-state index is -4.97. The zero-order valence-electron chi connectivity index (χ0n) is 11.7. The molecule has 0 amide bonds. The van der Waals surface area contributed by atoms with Gasteiger partial charge in [0.25, 0.3) is 0 Å². The molecule has 0 unspecified atom stereocenters. The van der Waals surface area contributed by atoms with Crippen LogP contribution in [0.5, 0.6) is 11.5 Å². The van der Waals surface area contributed by atoms with Crippen molar-refractivity contribution in [2.45, 2.75) is 13.1 Å². The first-order chi connectivity index (χ1) is 11.0. The number of hydrogen-bond acceptors (Lipinski definition) is 3. The van der Waals surface area contributed by atoms with Gasteiger partial charge in [-0.15, -0.1) is 0 Å². The number of halogens is 6. The summed E-state index contributed by atoms with van der Waals surface area (Å²) >= 11 is 0. The third-order valence-electron chi connectivity index (χ3n) is 2.98. The molecular weight excluding hydrogens is 344 g/mol. The average Bonchev–Trinajstić information content (AvgIpc) is 2.43. The summed E-state index contributed by atoms with van der Waals surface area (Å²) in [7, 11) is 0. The molecule has 0 heterocycles. The summed E-state index contributed by atoms with van der Waals surface area (Å²) in [5.74, 6) is -6.17. The van der Waals surface area contributed by atoms with E-state index in [1.165, 1.54) is 6.92 Å². The number of alkyl halides is 3. The molecular formula is C14H7F6NO3. The van der Waals surface area contributed by atoms with Crippen LogP contribution in [0.15, 0.2) is 24.3 Å². The van der Waals surface area contributed by atoms with Crippen LogP contribution < -0.4 is 4.74 Å². The Balaban J connectivity index is 2.49. The van der Waals surface area contributed by atoms with E-state index in [9.17, 15) is 36.5 Å². The predicted octanol–water partition coefficient (Wildman–Crippen LogP) is 5.13. The van der Waals surface area contributed by atoms with E-state index < -0.39 is 51.3 Å². The van der Waals surface area contributed by atoms with Gasteiger partial charge in [-0.25, -0.2) is 8.78 Å². The van der Waals surface area contributed by atoms with Gasteiger partial charge < -0.3 is 4.74 Å². The Labute approximate surface area is 130 Å². The third kappa shape index (κ3) is 3.42. The molecule has 0 aromatic heterocycles. The Morgan fingerprint density at radius 1 is 1.00 bits per heavy atom. The molecule has 0 atom stereocenters. The van der Waals surface area contributed by atoms with Gasteiger partial charge in [-0.3, -0.25) is 10.1 Å². The maximum absolute atomic E-state index is 13.7. The van der Waals surface area contributed by atoms with Crippen LogP contribution in [-0.4, -0.2) is 4.92 Å². The quantitative estimate of drug-likeness (QED) is 0.438. The van der Waals surface area contributed by atoms with Gasteiger partial charge >= 0.3 is 11.9 Å². The minimum absolute atomic E-state index is 0.0195. The summed E-state index contributed by atoms with van der Waals surface area (Å²) in [5, 5.41) is 10.7. The smallest absolute Gasteiger partial charge is 0.416 e. The van der Waals surface area contributed by atoms with E-state index in [1.807, 2.05) is 0 Å². The third-order valence-corrected chi connectivity index (χ3v) is 2.98. The number of hydrogen-bond donors (Lipinski definition) is 0. The number of nitro groups is 1. The maximum atomic E-state index is 13.7. The predicted molar refractivity (Wildman–Crippen MR) is 69.2 cm³/mol. The highest BCUT2D eigenvalue weighted by molar-refractivity contribution is 5.47. The van der Waals surface area contributed by atoms with E-state index in [1.54, 1.807) is 0 Å². The molecule has 0 aliphatic heterocycles. The number of nitro benzene ring substituents is 1. The highest BCUT2D eigenvalue weighted by Gasteiger charge is 2.33. The van der Waals surface area contributed by atoms with Crippen LogP contribution in [0.1, 0.15) is 11.1 Å². The number of benzene rings is 2. The molecule has 0 bridgehead atoms. The first kappa shape index (κ1) is 17.6. The van der Waals surface area contributed by atoms with E-state index in [2.05, 4.69) is 0 Å². The van der Waals surface area contributed by atoms with Gasteiger partial charge in [0.1, 0.15) is 5.75 Å². The lowest BCUT2D eigenvalue weighted by atomic mass is 10.1. The Hall–Kier alpha value is -2.78. The summed E-state index contributed by atoms with van der Waals surface area (Å²) < 4.78 is 83.0. The van der Waals surface area contributed by atoms with Gasteiger partial charge in [-0.2, -0.15) is 17.6 Å². The molecule has 0 fully saturated rings. The van der Waals surface area contributed by atoms with Crippen LogP contribution in [-0.2, 0) is 6.18 Å². The van der Waals surface area contributed by atoms with Crippen LogP contribution >= 0.6 is 0 Å². The SMILES string of the molecule is Cc1cc(F)c([N+](=O)[O-])cc1Oc1c(F)cc(C(F)(F)F)cc1F. The second-order valence-corrected chi connectivity index (χ2v) is 4.70. The van der Waals surface area contributed by atoms with Crippen LogP contribution in [0, 0.1) is 34.5 Å². The van der Waals surface area contributed by atoms with Crippen molar-refractivity contribution in [2.75, 3.05) is 0 Å². The molecule has 2 aromatic carbocycles. The number of ether oxygens (including phenoxy) is 1. The Bertz CT molecular complexity index is 796. The lowest BCUT2D eigenvalue weighted by Gasteiger charge is -2.13. The Kier molecular flexibility index (Phi) is 4.41. The van der Waals surface area contributed by atoms with E-state index in [0.717, 1.165) is 0 Å². The van der Waals surface area contributed by atoms with E-state index in [4.69, 9.17) is 4.74 Å². The van der Waals surface area contributed by atoms with Crippen molar-refractivity contribution in [1.29, 1.82) is 0 Å². The fourth-order valence-electron chi connectivity index (χ4n) is 1.82. The van der Waals surface area contributed by atoms with Crippen molar-refractivity contribution < 1.29 is 36.0 Å². The maximum Gasteiger partial charge on any atom is 0.416 e. The van der Waals surface area contributed by atoms with Gasteiger partial charge in [-0.05, 0) is 30.7 Å². The molecule has 0 radical (unpaired) electrons. The molecule has 0 aliphatic rings. The van der Waals surface area contributed by atoms with Crippen molar-refractivity contribution in [3.05, 3.63) is 63.0 Å². The van der Waals surface area contributed by atoms with Crippen LogP contribution in [0.2, 0.25) is 0 Å². The first-order valence-corrected chi connectivity index (χ1v) is 6.19. The van der Waals surface area contributed by atoms with Crippen molar-refractivity contribution in [2.24, 2.45) is 0 Å². The van der Waals surface area contributed by atoms with Gasteiger partial charge in [0, 0.05) is 0 Å². The fourth-order valence-corrected chi connectivity index (χ4v) is 1.82. The zero-order valence-corrected chi connectivity index (χ0v) is 11.7. The molecule has 0 saturated heterocycles.